The number of ether oxygens (including phenoxy) is 2. The number of alkyl halides is 2. The van der Waals surface area contributed by atoms with Crippen LogP contribution in [0.25, 0.3) is 21.8 Å². The van der Waals surface area contributed by atoms with E-state index in [1.807, 2.05) is 24.9 Å². The number of anilines is 3. The minimum atomic E-state index is -4.97. The third-order valence-electron chi connectivity index (χ3n) is 18.7. The van der Waals surface area contributed by atoms with Gasteiger partial charge in [0.2, 0.25) is 35.4 Å². The number of aliphatic hydroxyl groups is 1. The second-order valence-corrected chi connectivity index (χ2v) is 28.5. The van der Waals surface area contributed by atoms with Gasteiger partial charge in [0.25, 0.3) is 5.17 Å². The van der Waals surface area contributed by atoms with Crippen LogP contribution in [0.2, 0.25) is 0 Å². The van der Waals surface area contributed by atoms with E-state index < -0.39 is 84.7 Å². The number of aromatic nitrogens is 2. The normalized spacial score (nSPS) is 19.5. The summed E-state index contributed by atoms with van der Waals surface area (Å²) in [4.78, 5) is 138. The van der Waals surface area contributed by atoms with Gasteiger partial charge in [-0.1, -0.05) is 26.0 Å². The summed E-state index contributed by atoms with van der Waals surface area (Å²) in [7, 11) is -1.67. The van der Waals surface area contributed by atoms with Crippen LogP contribution in [0.4, 0.5) is 26.7 Å². The molecule has 28 nitrogen and oxygen atoms in total. The molecule has 3 aromatic carbocycles. The van der Waals surface area contributed by atoms with Crippen LogP contribution in [-0.2, 0) is 44.7 Å². The topological polar surface area (TPSA) is 385 Å². The number of hydrogen-bond acceptors (Lipinski definition) is 15. The summed E-state index contributed by atoms with van der Waals surface area (Å²) in [6.45, 7) is 11.5. The minimum Gasteiger partial charge on any atom is -0.466 e. The molecule has 5 aliphatic rings. The van der Waals surface area contributed by atoms with Crippen LogP contribution >= 0.6 is 43.2 Å². The van der Waals surface area contributed by atoms with Crippen molar-refractivity contribution in [2.75, 3.05) is 80.2 Å². The highest BCUT2D eigenvalue weighted by Gasteiger charge is 2.76. The molecule has 2 bridgehead atoms. The van der Waals surface area contributed by atoms with E-state index in [4.69, 9.17) is 55.2 Å². The molecular formula is C65H86Cl2N13O15PS. The fraction of sp³-hybridized carbons (Fsp3) is 0.523. The standard InChI is InChI=1S/C65H86Cl2N13O15PS/c1-34(2)53(76-57(84)43(73-38(6)82)12-9-10-18-69-37(5)81)58(85)75-44(13-11-19-70-61(68)88)56(83)74-42-16-14-39(15-17-42)30-93-63(97)78(8)21-20-77(7)62(89)94-47-22-45-51(49-35(3)26-71-54(47)49)40(24-66)28-79(45)59(86)64-31-65(32-64,33-64)60(87)80-29-41(25-67)52-46(80)23-48(95-96(90,91)92)55-50(52)36(4)27-72-55/h14-17,22-23,26-27,34,40-41,43-44,53,60,71-72,87H,9-13,18-21,24-25,28-33H2,1-8H3,(H,69,81)(H,73,82)(H,74,83)(H,75,85)(H,76,84)(H3,68,70,88)(H2,90,91,92)/t40-,41-,43+,44+,53+,60?,64?,65?/m1/s1. The molecule has 2 aliphatic heterocycles. The summed E-state index contributed by atoms with van der Waals surface area (Å²) < 4.78 is 29.4. The maximum absolute atomic E-state index is 15.0. The first-order valence-electron chi connectivity index (χ1n) is 32.2. The number of aliphatic hydroxyl groups excluding tert-OH is 1. The van der Waals surface area contributed by atoms with E-state index in [1.165, 1.54) is 24.8 Å². The Hall–Kier alpha value is -7.92. The number of primary amides is 1. The number of urea groups is 1. The van der Waals surface area contributed by atoms with Crippen LogP contribution in [-0.4, -0.2) is 177 Å². The molecule has 526 valence electrons. The quantitative estimate of drug-likeness (QED) is 0.0102. The summed E-state index contributed by atoms with van der Waals surface area (Å²) in [5.74, 6) is -2.87. The number of nitrogens with zero attached hydrogens (tertiary/aromatic N) is 4. The van der Waals surface area contributed by atoms with Crippen molar-refractivity contribution < 1.29 is 71.8 Å². The second-order valence-electron chi connectivity index (χ2n) is 26.4. The van der Waals surface area contributed by atoms with Crippen LogP contribution in [0, 0.1) is 30.6 Å². The summed E-state index contributed by atoms with van der Waals surface area (Å²) >= 11 is 18.9. The van der Waals surface area contributed by atoms with Gasteiger partial charge in [0.05, 0.1) is 22.1 Å². The number of carbonyl (C=O) groups is 8. The van der Waals surface area contributed by atoms with E-state index in [0.717, 1.165) is 33.0 Å². The Balaban J connectivity index is 0.781. The zero-order valence-corrected chi connectivity index (χ0v) is 58.6. The minimum absolute atomic E-state index is 0.0458. The zero-order valence-electron chi connectivity index (χ0n) is 55.4. The van der Waals surface area contributed by atoms with Gasteiger partial charge in [-0.05, 0) is 123 Å². The Labute approximate surface area is 576 Å². The first-order valence-corrected chi connectivity index (χ1v) is 35.2. The molecule has 5 aromatic rings. The van der Waals surface area contributed by atoms with Gasteiger partial charge in [-0.2, -0.15) is 0 Å². The van der Waals surface area contributed by atoms with Gasteiger partial charge in [-0.15, -0.1) is 23.2 Å². The average Bonchev–Trinajstić information content (AvgIpc) is 1.42. The number of aromatic amines is 2. The molecule has 32 heteroatoms. The second kappa shape index (κ2) is 30.5. The van der Waals surface area contributed by atoms with Gasteiger partial charge < -0.3 is 86.3 Å². The number of phosphoric acid groups is 1. The Kier molecular flexibility index (Phi) is 23.0. The largest absolute Gasteiger partial charge is 0.524 e. The SMILES string of the molecule is CC(=O)NCCCC[C@H](NC(C)=O)C(=O)N[C@H](C(=O)N[C@@H](CCCNC(N)=O)C(=O)Nc1ccc(COC(=S)N(C)CCN(C)C(=O)Oc2cc3c(c4c(C)c[nH]c24)[C@H](CCl)CN3C(=O)C23CC(C(O)N4C[C@@H](CCl)c5c4cc(OP(=O)(O)O)c4[nH]cc(C)c54)(C2)C3)cc1)C(C)C. The number of thiocarbonyl (C=S) groups is 1. The van der Waals surface area contributed by atoms with Crippen LogP contribution in [0.15, 0.2) is 48.8 Å². The monoisotopic (exact) mass is 1420 g/mol. The van der Waals surface area contributed by atoms with Gasteiger partial charge >= 0.3 is 19.9 Å². The number of aryl methyl sites for hydroxylation is 2. The number of nitrogens with one attached hydrogen (secondary N) is 8. The maximum atomic E-state index is 15.0. The molecule has 3 saturated carbocycles. The summed E-state index contributed by atoms with van der Waals surface area (Å²) in [5.41, 5.74) is 10.4. The number of carbonyl (C=O) groups excluding carboxylic acids is 8. The van der Waals surface area contributed by atoms with Crippen LogP contribution in [0.5, 0.6) is 11.5 Å². The molecular weight excluding hydrogens is 1340 g/mol. The molecule has 9 amide bonds. The van der Waals surface area contributed by atoms with Gasteiger partial charge in [-0.3, -0.25) is 38.6 Å². The Bertz CT molecular complexity index is 3880. The molecule has 0 spiro atoms. The predicted molar refractivity (Wildman–Crippen MR) is 369 cm³/mol. The van der Waals surface area contributed by atoms with Gasteiger partial charge in [0.15, 0.2) is 11.5 Å². The lowest BCUT2D eigenvalue weighted by molar-refractivity contribution is -0.243. The lowest BCUT2D eigenvalue weighted by atomic mass is 9.34. The molecule has 0 saturated heterocycles. The highest BCUT2D eigenvalue weighted by Crippen LogP contribution is 2.76. The third kappa shape index (κ3) is 16.3. The summed E-state index contributed by atoms with van der Waals surface area (Å²) in [5, 5.41) is 30.0. The predicted octanol–water partition coefficient (Wildman–Crippen LogP) is 6.43. The molecule has 3 aliphatic carbocycles. The van der Waals surface area contributed by atoms with Crippen molar-refractivity contribution >= 4 is 135 Å². The van der Waals surface area contributed by atoms with E-state index >= 15 is 0 Å². The molecule has 4 heterocycles. The molecule has 6 atom stereocenters. The molecule has 13 N–H and O–H groups in total. The summed E-state index contributed by atoms with van der Waals surface area (Å²) in [6, 6.07) is 6.02. The fourth-order valence-corrected chi connectivity index (χ4v) is 15.0. The highest BCUT2D eigenvalue weighted by molar-refractivity contribution is 7.80. The van der Waals surface area contributed by atoms with Crippen LogP contribution in [0.1, 0.15) is 119 Å². The van der Waals surface area contributed by atoms with Crippen LogP contribution < -0.4 is 56.7 Å². The smallest absolute Gasteiger partial charge is 0.466 e. The van der Waals surface area contributed by atoms with E-state index in [1.54, 1.807) is 74.3 Å². The number of benzene rings is 3. The van der Waals surface area contributed by atoms with Crippen molar-refractivity contribution in [3.05, 3.63) is 76.6 Å². The number of halogens is 2. The van der Waals surface area contributed by atoms with Crippen molar-refractivity contribution in [2.45, 2.75) is 136 Å². The van der Waals surface area contributed by atoms with E-state index in [0.29, 0.717) is 85.4 Å². The number of H-pyrrole nitrogens is 2. The molecule has 3 fully saturated rings. The zero-order chi connectivity index (χ0) is 70.6. The van der Waals surface area contributed by atoms with Crippen molar-refractivity contribution in [1.29, 1.82) is 0 Å². The third-order valence-corrected chi connectivity index (χ3v) is 20.3. The van der Waals surface area contributed by atoms with E-state index in [2.05, 4.69) is 41.9 Å². The average molecular weight is 1420 g/mol. The number of likely N-dealkylation sites (N-methyl/N-ethyl adjacent to an activating group) is 2. The number of unbranched alkanes of at least 4 members (excludes halogenated alkanes) is 1. The Morgan fingerprint density at radius 2 is 1.34 bits per heavy atom. The van der Waals surface area contributed by atoms with Crippen molar-refractivity contribution in [3.8, 4) is 11.5 Å². The van der Waals surface area contributed by atoms with Gasteiger partial charge in [-0.25, -0.2) is 14.2 Å². The van der Waals surface area contributed by atoms with Crippen molar-refractivity contribution in [1.82, 2.24) is 46.4 Å². The van der Waals surface area contributed by atoms with Crippen molar-refractivity contribution in [3.63, 3.8) is 0 Å². The van der Waals surface area contributed by atoms with E-state index in [-0.39, 0.29) is 97.6 Å². The molecule has 1 unspecified atom stereocenters. The first kappa shape index (κ1) is 73.3. The Morgan fingerprint density at radius 1 is 0.763 bits per heavy atom. The lowest BCUT2D eigenvalue weighted by Crippen LogP contribution is -2.74. The fourth-order valence-electron chi connectivity index (χ4n) is 13.9. The maximum Gasteiger partial charge on any atom is 0.524 e. The number of fused-ring (bicyclic) bond motifs is 6. The number of phosphoric ester groups is 1. The van der Waals surface area contributed by atoms with Crippen molar-refractivity contribution in [2.24, 2.45) is 22.5 Å². The lowest BCUT2D eigenvalue weighted by Gasteiger charge is -2.72. The molecule has 97 heavy (non-hydrogen) atoms. The summed E-state index contributed by atoms with van der Waals surface area (Å²) in [6.07, 6.45) is 4.61. The number of rotatable bonds is 30. The number of hydrogen-bond donors (Lipinski definition) is 12. The van der Waals surface area contributed by atoms with E-state index in [9.17, 15) is 57.8 Å². The molecule has 2 aromatic heterocycles. The van der Waals surface area contributed by atoms with Gasteiger partial charge in [0.1, 0.15) is 31.0 Å². The molecule has 0 radical (unpaired) electrons. The number of amides is 9. The number of nitrogens with two attached hydrogens (primary N) is 1. The Morgan fingerprint density at radius 3 is 1.94 bits per heavy atom. The van der Waals surface area contributed by atoms with Crippen LogP contribution in [0.3, 0.4) is 0 Å². The highest BCUT2D eigenvalue weighted by atomic mass is 35.5. The first-order chi connectivity index (χ1) is 45.9. The molecule has 10 rings (SSSR count). The van der Waals surface area contributed by atoms with Gasteiger partial charge in [0, 0.05) is 143 Å².